The number of rotatable bonds is 0. The van der Waals surface area contributed by atoms with E-state index in [9.17, 15) is 0 Å². The molecular weight excluding hydrogens is 303 g/mol. The Hall–Kier alpha value is 2.35. The van der Waals surface area contributed by atoms with Crippen LogP contribution in [0.3, 0.4) is 0 Å². The second-order valence-electron chi connectivity index (χ2n) is 0. The molecule has 0 aromatic heterocycles. The third-order valence-corrected chi connectivity index (χ3v) is 0. The van der Waals surface area contributed by atoms with Gasteiger partial charge in [0.2, 0.25) is 0 Å². The summed E-state index contributed by atoms with van der Waals surface area (Å²) < 4.78 is 0. The van der Waals surface area contributed by atoms with Crippen LogP contribution in [0.1, 0.15) is 0 Å². The van der Waals surface area contributed by atoms with Gasteiger partial charge in [0.1, 0.15) is 0 Å². The Morgan fingerprint density at radius 1 is 0.600 bits per heavy atom. The van der Waals surface area contributed by atoms with Gasteiger partial charge in [-0.2, -0.15) is 0 Å². The molecule has 0 fully saturated rings. The molecule has 0 spiro atoms. The van der Waals surface area contributed by atoms with Crippen molar-refractivity contribution in [2.24, 2.45) is 0 Å². The van der Waals surface area contributed by atoms with Crippen LogP contribution in [0.5, 0.6) is 0 Å². The standard InChI is InChI=1S/3FH.K.Pb/h3*1H;;/q;;;+1;+2/p-3. The average molecular weight is 303 g/mol. The molecule has 0 atom stereocenters. The summed E-state index contributed by atoms with van der Waals surface area (Å²) in [6.45, 7) is 0. The van der Waals surface area contributed by atoms with Crippen LogP contribution in [0, 0.1) is 0 Å². The zero-order chi connectivity index (χ0) is 0. The molecule has 0 aromatic rings. The van der Waals surface area contributed by atoms with Crippen molar-refractivity contribution in [1.29, 1.82) is 0 Å². The second-order valence-corrected chi connectivity index (χ2v) is 0. The molecule has 0 nitrogen and oxygen atoms in total. The van der Waals surface area contributed by atoms with Crippen molar-refractivity contribution in [2.45, 2.75) is 0 Å². The summed E-state index contributed by atoms with van der Waals surface area (Å²) in [6, 6.07) is 0. The Balaban J connectivity index is 0. The molecule has 26 valence electrons. The predicted molar refractivity (Wildman–Crippen MR) is 5.75 cm³/mol. The Morgan fingerprint density at radius 3 is 0.600 bits per heavy atom. The van der Waals surface area contributed by atoms with Gasteiger partial charge in [-0.1, -0.05) is 0 Å². The summed E-state index contributed by atoms with van der Waals surface area (Å²) >= 11 is 0. The van der Waals surface area contributed by atoms with E-state index in [0.29, 0.717) is 0 Å². The third-order valence-electron chi connectivity index (χ3n) is 0. The maximum Gasteiger partial charge on any atom is 2.00 e. The molecule has 0 aliphatic heterocycles. The Kier molecular flexibility index (Phi) is 354. The van der Waals surface area contributed by atoms with Crippen LogP contribution in [0.4, 0.5) is 0 Å². The van der Waals surface area contributed by atoms with Crippen LogP contribution in [-0.4, -0.2) is 27.3 Å². The van der Waals surface area contributed by atoms with E-state index in [4.69, 9.17) is 0 Å². The minimum Gasteiger partial charge on any atom is -1.00 e. The fraction of sp³-hybridized carbons (Fsp3) is 0. The van der Waals surface area contributed by atoms with Gasteiger partial charge in [-0.15, -0.1) is 0 Å². The zero-order valence-electron chi connectivity index (χ0n) is 2.63. The second kappa shape index (κ2) is 32.9. The third kappa shape index (κ3) is 21.8. The van der Waals surface area contributed by atoms with Crippen molar-refractivity contribution in [3.05, 3.63) is 0 Å². The monoisotopic (exact) mass is 304 g/mol. The molecule has 0 aliphatic carbocycles. The molecule has 0 rings (SSSR count). The SMILES string of the molecule is [F-].[F-].[F-].[K+].[Pb+2]. The van der Waals surface area contributed by atoms with Crippen LogP contribution in [0.2, 0.25) is 0 Å². The van der Waals surface area contributed by atoms with Gasteiger partial charge < -0.3 is 14.1 Å². The molecule has 0 aliphatic rings. The van der Waals surface area contributed by atoms with Crippen LogP contribution in [0.15, 0.2) is 0 Å². The first-order valence-corrected chi connectivity index (χ1v) is 0. The van der Waals surface area contributed by atoms with Gasteiger partial charge in [0.25, 0.3) is 0 Å². The Morgan fingerprint density at radius 2 is 0.600 bits per heavy atom. The molecular formula is F3KPb. The molecule has 0 N–H and O–H groups in total. The first-order chi connectivity index (χ1) is 0. The molecule has 0 amide bonds. The van der Waals surface area contributed by atoms with Gasteiger partial charge in [0.15, 0.2) is 0 Å². The molecule has 0 heterocycles. The molecule has 0 saturated carbocycles. The first kappa shape index (κ1) is 53.7. The number of halogens is 3. The fourth-order valence-electron chi connectivity index (χ4n) is 0. The fourth-order valence-corrected chi connectivity index (χ4v) is 0. The van der Waals surface area contributed by atoms with Crippen LogP contribution in [-0.2, 0) is 0 Å². The summed E-state index contributed by atoms with van der Waals surface area (Å²) in [5.74, 6) is 0. The quantitative estimate of drug-likeness (QED) is 0.390. The van der Waals surface area contributed by atoms with E-state index in [-0.39, 0.29) is 92.8 Å². The van der Waals surface area contributed by atoms with Crippen molar-refractivity contribution in [3.63, 3.8) is 0 Å². The normalized spacial score (nSPS) is 0. The molecule has 5 heavy (non-hydrogen) atoms. The maximum atomic E-state index is 0. The minimum absolute atomic E-state index is 0. The van der Waals surface area contributed by atoms with Gasteiger partial charge in [0.05, 0.1) is 0 Å². The summed E-state index contributed by atoms with van der Waals surface area (Å²) in [7, 11) is 0. The summed E-state index contributed by atoms with van der Waals surface area (Å²) in [4.78, 5) is 0. The van der Waals surface area contributed by atoms with Gasteiger partial charge in [-0.05, 0) is 0 Å². The van der Waals surface area contributed by atoms with E-state index in [1.54, 1.807) is 0 Å². The zero-order valence-corrected chi connectivity index (χ0v) is 9.64. The Bertz CT molecular complexity index is 6.85. The maximum absolute atomic E-state index is 0. The van der Waals surface area contributed by atoms with Gasteiger partial charge in [-0.3, -0.25) is 0 Å². The molecule has 0 aromatic carbocycles. The van der Waals surface area contributed by atoms with Gasteiger partial charge in [-0.25, -0.2) is 0 Å². The summed E-state index contributed by atoms with van der Waals surface area (Å²) in [6.07, 6.45) is 0. The van der Waals surface area contributed by atoms with Crippen molar-refractivity contribution in [1.82, 2.24) is 0 Å². The molecule has 0 saturated heterocycles. The topological polar surface area (TPSA) is 0 Å². The number of hydrogen-bond acceptors (Lipinski definition) is 0. The van der Waals surface area contributed by atoms with E-state index in [0.717, 1.165) is 0 Å². The van der Waals surface area contributed by atoms with Crippen molar-refractivity contribution in [3.8, 4) is 0 Å². The first-order valence-electron chi connectivity index (χ1n) is 0. The number of hydrogen-bond donors (Lipinski definition) is 0. The molecule has 2 radical (unpaired) electrons. The molecule has 5 heteroatoms. The predicted octanol–water partition coefficient (Wildman–Crippen LogP) is -12.4. The van der Waals surface area contributed by atoms with E-state index < -0.39 is 0 Å². The minimum atomic E-state index is 0. The van der Waals surface area contributed by atoms with Crippen LogP contribution in [0.25, 0.3) is 0 Å². The molecule has 0 bridgehead atoms. The van der Waals surface area contributed by atoms with Gasteiger partial charge in [0, 0.05) is 0 Å². The summed E-state index contributed by atoms with van der Waals surface area (Å²) in [5, 5.41) is 0. The largest absolute Gasteiger partial charge is 2.00 e. The van der Waals surface area contributed by atoms with Crippen LogP contribution >= 0.6 is 0 Å². The average Bonchev–Trinajstić information content (AvgIpc) is 0. The smallest absolute Gasteiger partial charge is 1.00 e. The Labute approximate surface area is 90.8 Å². The molecule has 0 unspecified atom stereocenters. The van der Waals surface area contributed by atoms with Crippen molar-refractivity contribution >= 4 is 27.3 Å². The van der Waals surface area contributed by atoms with E-state index >= 15 is 0 Å². The van der Waals surface area contributed by atoms with Crippen molar-refractivity contribution in [2.75, 3.05) is 0 Å². The van der Waals surface area contributed by atoms with E-state index in [1.165, 1.54) is 0 Å². The summed E-state index contributed by atoms with van der Waals surface area (Å²) in [5.41, 5.74) is 0. The van der Waals surface area contributed by atoms with Gasteiger partial charge >= 0.3 is 78.7 Å². The van der Waals surface area contributed by atoms with E-state index in [2.05, 4.69) is 0 Å². The van der Waals surface area contributed by atoms with Crippen molar-refractivity contribution < 1.29 is 65.5 Å². The van der Waals surface area contributed by atoms with Crippen LogP contribution < -0.4 is 65.5 Å². The van der Waals surface area contributed by atoms with E-state index in [1.807, 2.05) is 0 Å².